The van der Waals surface area contributed by atoms with Crippen molar-refractivity contribution in [3.63, 3.8) is 0 Å². The van der Waals surface area contributed by atoms with Crippen molar-refractivity contribution >= 4 is 0 Å². The molecule has 2 heteroatoms. The van der Waals surface area contributed by atoms with Crippen LogP contribution in [-0.2, 0) is 19.6 Å². The van der Waals surface area contributed by atoms with Crippen LogP contribution < -0.4 is 5.32 Å². The number of hydrogen-bond donors (Lipinski definition) is 1. The zero-order valence-corrected chi connectivity index (χ0v) is 12.5. The second kappa shape index (κ2) is 5.16. The van der Waals surface area contributed by atoms with Gasteiger partial charge in [-0.3, -0.25) is 4.90 Å². The number of benzene rings is 1. The van der Waals surface area contributed by atoms with Crippen molar-refractivity contribution in [1.29, 1.82) is 0 Å². The molecular weight excluding hydrogens is 244 g/mol. The summed E-state index contributed by atoms with van der Waals surface area (Å²) in [6.45, 7) is 5.90. The maximum Gasteiger partial charge on any atom is 0.0233 e. The quantitative estimate of drug-likeness (QED) is 0.885. The number of rotatable bonds is 2. The van der Waals surface area contributed by atoms with E-state index in [4.69, 9.17) is 0 Å². The molecule has 2 fully saturated rings. The van der Waals surface area contributed by atoms with E-state index in [9.17, 15) is 0 Å². The van der Waals surface area contributed by atoms with E-state index in [0.29, 0.717) is 0 Å². The summed E-state index contributed by atoms with van der Waals surface area (Å²) in [5.74, 6) is 0. The molecule has 1 saturated carbocycles. The van der Waals surface area contributed by atoms with Gasteiger partial charge in [0.05, 0.1) is 0 Å². The molecule has 1 N–H and O–H groups in total. The Hall–Kier alpha value is -0.860. The molecule has 1 aliphatic carbocycles. The monoisotopic (exact) mass is 270 g/mol. The average Bonchev–Trinajstić information content (AvgIpc) is 3.11. The molecule has 0 aromatic heterocycles. The van der Waals surface area contributed by atoms with Gasteiger partial charge in [-0.2, -0.15) is 0 Å². The molecule has 1 saturated heterocycles. The van der Waals surface area contributed by atoms with E-state index in [-0.39, 0.29) is 0 Å². The van der Waals surface area contributed by atoms with Crippen LogP contribution in [0, 0.1) is 5.41 Å². The highest BCUT2D eigenvalue weighted by Gasteiger charge is 2.36. The third-order valence-corrected chi connectivity index (χ3v) is 5.89. The van der Waals surface area contributed by atoms with Crippen molar-refractivity contribution in [2.24, 2.45) is 5.41 Å². The summed E-state index contributed by atoms with van der Waals surface area (Å²) in [6, 6.07) is 7.09. The predicted octanol–water partition coefficient (Wildman–Crippen LogP) is 3.45. The second-order valence-corrected chi connectivity index (χ2v) is 7.19. The molecule has 1 aromatic rings. The maximum atomic E-state index is 3.44. The Kier molecular flexibility index (Phi) is 3.31. The molecule has 0 atom stereocenters. The first kappa shape index (κ1) is 12.8. The summed E-state index contributed by atoms with van der Waals surface area (Å²) in [6.07, 6.45) is 8.87. The van der Waals surface area contributed by atoms with Crippen LogP contribution in [0.1, 0.15) is 55.2 Å². The number of nitrogens with one attached hydrogen (secondary N) is 1. The smallest absolute Gasteiger partial charge is 0.0233 e. The van der Waals surface area contributed by atoms with E-state index >= 15 is 0 Å². The van der Waals surface area contributed by atoms with Crippen LogP contribution in [0.5, 0.6) is 0 Å². The molecule has 0 amide bonds. The predicted molar refractivity (Wildman–Crippen MR) is 82.4 cm³/mol. The number of hydrogen-bond acceptors (Lipinski definition) is 2. The molecule has 0 bridgehead atoms. The zero-order valence-electron chi connectivity index (χ0n) is 12.5. The van der Waals surface area contributed by atoms with Crippen LogP contribution in [0.15, 0.2) is 18.2 Å². The van der Waals surface area contributed by atoms with Gasteiger partial charge in [-0.25, -0.2) is 0 Å². The Morgan fingerprint density at radius 2 is 1.70 bits per heavy atom. The molecule has 108 valence electrons. The van der Waals surface area contributed by atoms with Gasteiger partial charge >= 0.3 is 0 Å². The maximum absolute atomic E-state index is 3.44. The van der Waals surface area contributed by atoms with E-state index in [1.807, 2.05) is 0 Å². The molecule has 3 aliphatic rings. The third-order valence-electron chi connectivity index (χ3n) is 5.89. The first-order valence-electron chi connectivity index (χ1n) is 8.37. The lowest BCUT2D eigenvalue weighted by Gasteiger charge is -2.39. The van der Waals surface area contributed by atoms with Gasteiger partial charge in [0.25, 0.3) is 0 Å². The fourth-order valence-corrected chi connectivity index (χ4v) is 4.52. The van der Waals surface area contributed by atoms with Gasteiger partial charge in [0.15, 0.2) is 0 Å². The highest BCUT2D eigenvalue weighted by molar-refractivity contribution is 5.34. The van der Waals surface area contributed by atoms with Gasteiger partial charge in [-0.1, -0.05) is 31.0 Å². The Morgan fingerprint density at radius 1 is 0.950 bits per heavy atom. The molecular formula is C18H26N2. The highest BCUT2D eigenvalue weighted by Crippen LogP contribution is 2.46. The summed E-state index contributed by atoms with van der Waals surface area (Å²) in [4.78, 5) is 2.67. The van der Waals surface area contributed by atoms with Crippen molar-refractivity contribution in [3.05, 3.63) is 34.9 Å². The van der Waals surface area contributed by atoms with Gasteiger partial charge in [0, 0.05) is 19.6 Å². The van der Waals surface area contributed by atoms with Gasteiger partial charge < -0.3 is 5.32 Å². The highest BCUT2D eigenvalue weighted by atomic mass is 15.1. The fraction of sp³-hybridized carbons (Fsp3) is 0.667. The van der Waals surface area contributed by atoms with Crippen LogP contribution >= 0.6 is 0 Å². The van der Waals surface area contributed by atoms with Gasteiger partial charge in [0.2, 0.25) is 0 Å². The van der Waals surface area contributed by atoms with Crippen LogP contribution in [0.2, 0.25) is 0 Å². The van der Waals surface area contributed by atoms with E-state index in [0.717, 1.165) is 25.0 Å². The molecule has 2 heterocycles. The molecule has 0 unspecified atom stereocenters. The molecule has 4 rings (SSSR count). The van der Waals surface area contributed by atoms with Crippen LogP contribution in [0.4, 0.5) is 0 Å². The van der Waals surface area contributed by atoms with Crippen molar-refractivity contribution < 1.29 is 0 Å². The average molecular weight is 270 g/mol. The molecule has 2 nitrogen and oxygen atoms in total. The molecule has 1 aromatic carbocycles. The van der Waals surface area contributed by atoms with E-state index in [1.165, 1.54) is 68.3 Å². The van der Waals surface area contributed by atoms with Gasteiger partial charge in [-0.05, 0) is 60.9 Å². The molecule has 1 spiro atoms. The van der Waals surface area contributed by atoms with Crippen molar-refractivity contribution in [2.75, 3.05) is 13.1 Å². The largest absolute Gasteiger partial charge is 0.309 e. The number of likely N-dealkylation sites (tertiary alicyclic amines) is 1. The standard InChI is InChI=1S/C18H26N2/c1-2-6-18(5-1)7-9-20(10-8-18)14-15-3-4-16-12-19-13-17(16)11-15/h3-4,11,19H,1-2,5-10,12-14H2. The third kappa shape index (κ3) is 2.40. The minimum Gasteiger partial charge on any atom is -0.309 e. The summed E-state index contributed by atoms with van der Waals surface area (Å²) in [5.41, 5.74) is 5.28. The normalized spacial score (nSPS) is 25.2. The minimum absolute atomic E-state index is 0.748. The number of fused-ring (bicyclic) bond motifs is 1. The molecule has 0 radical (unpaired) electrons. The lowest BCUT2D eigenvalue weighted by molar-refractivity contribution is 0.103. The van der Waals surface area contributed by atoms with Crippen LogP contribution in [0.3, 0.4) is 0 Å². The van der Waals surface area contributed by atoms with Crippen LogP contribution in [0.25, 0.3) is 0 Å². The van der Waals surface area contributed by atoms with E-state index in [2.05, 4.69) is 28.4 Å². The van der Waals surface area contributed by atoms with E-state index in [1.54, 1.807) is 0 Å². The minimum atomic E-state index is 0.748. The lowest BCUT2D eigenvalue weighted by Crippen LogP contribution is -2.38. The SMILES string of the molecule is c1cc2c(cc1CN1CCC3(CCCC3)CC1)CNC2. The summed E-state index contributed by atoms with van der Waals surface area (Å²) in [5, 5.41) is 3.44. The molecule has 20 heavy (non-hydrogen) atoms. The number of nitrogens with zero attached hydrogens (tertiary/aromatic N) is 1. The summed E-state index contributed by atoms with van der Waals surface area (Å²) >= 11 is 0. The van der Waals surface area contributed by atoms with Crippen molar-refractivity contribution in [1.82, 2.24) is 10.2 Å². The van der Waals surface area contributed by atoms with Crippen molar-refractivity contribution in [2.45, 2.75) is 58.2 Å². The first-order valence-corrected chi connectivity index (χ1v) is 8.37. The topological polar surface area (TPSA) is 15.3 Å². The Bertz CT molecular complexity index is 478. The Balaban J connectivity index is 1.38. The van der Waals surface area contributed by atoms with E-state index < -0.39 is 0 Å². The first-order chi connectivity index (χ1) is 9.83. The van der Waals surface area contributed by atoms with Gasteiger partial charge in [-0.15, -0.1) is 0 Å². The molecule has 2 aliphatic heterocycles. The van der Waals surface area contributed by atoms with Crippen molar-refractivity contribution in [3.8, 4) is 0 Å². The summed E-state index contributed by atoms with van der Waals surface area (Å²) < 4.78 is 0. The van der Waals surface area contributed by atoms with Gasteiger partial charge in [0.1, 0.15) is 0 Å². The second-order valence-electron chi connectivity index (χ2n) is 7.19. The zero-order chi connectivity index (χ0) is 13.4. The fourth-order valence-electron chi connectivity index (χ4n) is 4.52. The summed E-state index contributed by atoms with van der Waals surface area (Å²) in [7, 11) is 0. The Morgan fingerprint density at radius 3 is 2.50 bits per heavy atom. The van der Waals surface area contributed by atoms with Crippen LogP contribution in [-0.4, -0.2) is 18.0 Å². The number of piperidine rings is 1. The Labute approximate surface area is 122 Å². The lowest BCUT2D eigenvalue weighted by atomic mass is 9.77.